The van der Waals surface area contributed by atoms with Crippen LogP contribution in [0.25, 0.3) is 0 Å². The summed E-state index contributed by atoms with van der Waals surface area (Å²) in [5.74, 6) is -0.450. The smallest absolute Gasteiger partial charge is 0.472 e. The van der Waals surface area contributed by atoms with Gasteiger partial charge in [-0.2, -0.15) is 0 Å². The number of aromatic nitrogens is 2. The van der Waals surface area contributed by atoms with Gasteiger partial charge in [0.2, 0.25) is 0 Å². The van der Waals surface area contributed by atoms with Gasteiger partial charge in [0.1, 0.15) is 11.9 Å². The van der Waals surface area contributed by atoms with Crippen molar-refractivity contribution in [1.29, 1.82) is 0 Å². The number of ether oxygens (including phenoxy) is 1. The Kier molecular flexibility index (Phi) is 5.14. The van der Waals surface area contributed by atoms with Crippen molar-refractivity contribution in [3.63, 3.8) is 0 Å². The monoisotopic (exact) mass is 360 g/mol. The lowest BCUT2D eigenvalue weighted by molar-refractivity contribution is 0.0406. The highest BCUT2D eigenvalue weighted by Crippen LogP contribution is 2.46. The molecule has 0 fully saturated rings. The van der Waals surface area contributed by atoms with Crippen LogP contribution in [-0.4, -0.2) is 32.8 Å². The Hall–Kier alpha value is -2.13. The summed E-state index contributed by atoms with van der Waals surface area (Å²) in [6, 6.07) is 0. The average molecular weight is 360 g/mol. The molecule has 132 valence electrons. The van der Waals surface area contributed by atoms with Gasteiger partial charge in [0, 0.05) is 18.9 Å². The lowest BCUT2D eigenvalue weighted by atomic mass is 10.2. The average Bonchev–Trinajstić information content (AvgIpc) is 2.90. The van der Waals surface area contributed by atoms with Crippen LogP contribution in [0.15, 0.2) is 40.0 Å². The van der Waals surface area contributed by atoms with Gasteiger partial charge in [0.15, 0.2) is 12.0 Å². The van der Waals surface area contributed by atoms with Gasteiger partial charge < -0.3 is 14.7 Å². The number of nitrogens with zero attached hydrogens (tertiary/aromatic N) is 1. The highest BCUT2D eigenvalue weighted by molar-refractivity contribution is 7.47. The number of aliphatic hydroxyl groups is 1. The van der Waals surface area contributed by atoms with Gasteiger partial charge in [0.25, 0.3) is 5.56 Å². The van der Waals surface area contributed by atoms with E-state index in [1.54, 1.807) is 0 Å². The summed E-state index contributed by atoms with van der Waals surface area (Å²) < 4.78 is 27.2. The summed E-state index contributed by atoms with van der Waals surface area (Å²) in [5, 5.41) is 10.0. The fourth-order valence-corrected chi connectivity index (χ4v) is 2.65. The molecule has 1 aromatic rings. The molecule has 11 heteroatoms. The summed E-state index contributed by atoms with van der Waals surface area (Å²) in [4.78, 5) is 34.8. The summed E-state index contributed by atoms with van der Waals surface area (Å²) in [7, 11) is -3.37. The van der Waals surface area contributed by atoms with Crippen LogP contribution >= 0.6 is 7.82 Å². The Bertz CT molecular complexity index is 839. The minimum atomic E-state index is -4.35. The van der Waals surface area contributed by atoms with E-state index in [1.807, 2.05) is 0 Å². The molecule has 1 aliphatic rings. The van der Waals surface area contributed by atoms with E-state index in [0.29, 0.717) is 0 Å². The number of aromatic amines is 1. The fourth-order valence-electron chi connectivity index (χ4n) is 2.09. The van der Waals surface area contributed by atoms with Crippen LogP contribution in [0.3, 0.4) is 0 Å². The minimum Gasteiger partial charge on any atom is -0.508 e. The van der Waals surface area contributed by atoms with E-state index in [1.165, 1.54) is 13.1 Å². The van der Waals surface area contributed by atoms with E-state index < -0.39 is 31.4 Å². The number of phosphoric acid groups is 1. The van der Waals surface area contributed by atoms with Gasteiger partial charge in [0.05, 0.1) is 6.42 Å². The van der Waals surface area contributed by atoms with Crippen molar-refractivity contribution in [2.45, 2.75) is 25.7 Å². The Morgan fingerprint density at radius 1 is 1.58 bits per heavy atom. The minimum absolute atomic E-state index is 0.100. The highest BCUT2D eigenvalue weighted by Gasteiger charge is 2.35. The molecule has 1 unspecified atom stereocenters. The topological polar surface area (TPSA) is 140 Å². The zero-order valence-electron chi connectivity index (χ0n) is 13.0. The van der Waals surface area contributed by atoms with E-state index in [0.717, 1.165) is 17.8 Å². The molecule has 3 N–H and O–H groups in total. The standard InChI is InChI=1S/C13H17N2O8P/c1-4-9(23-24(19,20)21-3)11-8(16)5-10(22-11)15-6-7(2)12(17)14-13(15)18/h4,6,9-10,16H,1,5H2,2-3H3,(H,19,20)(H,14,17,18)/t9-,10-/m1/s1. The summed E-state index contributed by atoms with van der Waals surface area (Å²) in [6.45, 7) is 4.95. The van der Waals surface area contributed by atoms with Crippen LogP contribution in [0.2, 0.25) is 0 Å². The number of aryl methyl sites for hydroxylation is 1. The van der Waals surface area contributed by atoms with Crippen molar-refractivity contribution >= 4 is 7.82 Å². The Balaban J connectivity index is 2.28. The van der Waals surface area contributed by atoms with E-state index in [4.69, 9.17) is 9.26 Å². The first-order valence-corrected chi connectivity index (χ1v) is 8.28. The van der Waals surface area contributed by atoms with E-state index >= 15 is 0 Å². The third-order valence-electron chi connectivity index (χ3n) is 3.32. The Morgan fingerprint density at radius 3 is 2.83 bits per heavy atom. The molecule has 0 saturated carbocycles. The molecule has 0 saturated heterocycles. The number of aliphatic hydroxyl groups excluding tert-OH is 1. The Morgan fingerprint density at radius 2 is 2.25 bits per heavy atom. The number of phosphoric ester groups is 1. The van der Waals surface area contributed by atoms with Gasteiger partial charge in [-0.25, -0.2) is 9.36 Å². The molecule has 10 nitrogen and oxygen atoms in total. The third kappa shape index (κ3) is 3.68. The second kappa shape index (κ2) is 6.78. The maximum absolute atomic E-state index is 11.9. The first-order valence-electron chi connectivity index (χ1n) is 6.78. The van der Waals surface area contributed by atoms with Gasteiger partial charge in [-0.05, 0) is 6.92 Å². The van der Waals surface area contributed by atoms with E-state index in [-0.39, 0.29) is 23.5 Å². The number of hydrogen-bond acceptors (Lipinski definition) is 7. The maximum atomic E-state index is 11.9. The van der Waals surface area contributed by atoms with E-state index in [2.05, 4.69) is 16.1 Å². The highest BCUT2D eigenvalue weighted by atomic mass is 31.2. The molecule has 24 heavy (non-hydrogen) atoms. The second-order valence-corrected chi connectivity index (χ2v) is 6.49. The predicted octanol–water partition coefficient (Wildman–Crippen LogP) is 0.852. The molecular formula is C13H17N2O8P. The van der Waals surface area contributed by atoms with Crippen molar-refractivity contribution in [2.24, 2.45) is 0 Å². The van der Waals surface area contributed by atoms with Gasteiger partial charge in [-0.15, -0.1) is 6.58 Å². The third-order valence-corrected chi connectivity index (χ3v) is 4.28. The zero-order valence-corrected chi connectivity index (χ0v) is 13.9. The lowest BCUT2D eigenvalue weighted by Gasteiger charge is -2.20. The molecule has 1 aliphatic heterocycles. The second-order valence-electron chi connectivity index (χ2n) is 4.98. The predicted molar refractivity (Wildman–Crippen MR) is 82.4 cm³/mol. The van der Waals surface area contributed by atoms with Crippen molar-refractivity contribution in [2.75, 3.05) is 7.11 Å². The largest absolute Gasteiger partial charge is 0.508 e. The van der Waals surface area contributed by atoms with Crippen molar-refractivity contribution in [3.05, 3.63) is 56.8 Å². The van der Waals surface area contributed by atoms with Crippen molar-refractivity contribution in [3.8, 4) is 0 Å². The number of H-pyrrole nitrogens is 1. The summed E-state index contributed by atoms with van der Waals surface area (Å²) in [6.07, 6.45) is 0.117. The summed E-state index contributed by atoms with van der Waals surface area (Å²) >= 11 is 0. The maximum Gasteiger partial charge on any atom is 0.472 e. The van der Waals surface area contributed by atoms with Crippen LogP contribution in [0.5, 0.6) is 0 Å². The fraction of sp³-hybridized carbons (Fsp3) is 0.385. The molecule has 0 radical (unpaired) electrons. The van der Waals surface area contributed by atoms with Gasteiger partial charge in [-0.1, -0.05) is 6.08 Å². The molecule has 0 aliphatic carbocycles. The van der Waals surface area contributed by atoms with Crippen LogP contribution < -0.4 is 11.2 Å². The SMILES string of the molecule is C=C[C@@H](OP(=O)(O)OC)C1=C(O)C[C@H](n2cc(C)c(=O)[nH]c2=O)O1. The molecule has 0 bridgehead atoms. The van der Waals surface area contributed by atoms with Gasteiger partial charge in [-0.3, -0.25) is 23.4 Å². The first-order chi connectivity index (χ1) is 11.2. The molecular weight excluding hydrogens is 343 g/mol. The van der Waals surface area contributed by atoms with Crippen molar-refractivity contribution < 1.29 is 28.3 Å². The molecule has 0 aromatic carbocycles. The van der Waals surface area contributed by atoms with Gasteiger partial charge >= 0.3 is 13.5 Å². The lowest BCUT2D eigenvalue weighted by Crippen LogP contribution is -2.33. The Labute approximate surface area is 136 Å². The molecule has 1 aromatic heterocycles. The van der Waals surface area contributed by atoms with Crippen molar-refractivity contribution in [1.82, 2.24) is 9.55 Å². The molecule has 2 rings (SSSR count). The van der Waals surface area contributed by atoms with E-state index in [9.17, 15) is 24.2 Å². The van der Waals surface area contributed by atoms with Crippen LogP contribution in [0.1, 0.15) is 18.2 Å². The number of nitrogens with one attached hydrogen (secondary N) is 1. The first kappa shape index (κ1) is 18.2. The number of hydrogen-bond donors (Lipinski definition) is 3. The van der Waals surface area contributed by atoms with Crippen LogP contribution in [-0.2, 0) is 18.3 Å². The van der Waals surface area contributed by atoms with Crippen LogP contribution in [0, 0.1) is 6.92 Å². The zero-order chi connectivity index (χ0) is 18.1. The molecule has 0 amide bonds. The summed E-state index contributed by atoms with van der Waals surface area (Å²) in [5.41, 5.74) is -0.965. The normalized spacial score (nSPS) is 21.2. The van der Waals surface area contributed by atoms with Crippen LogP contribution in [0.4, 0.5) is 0 Å². The quantitative estimate of drug-likeness (QED) is 0.501. The number of rotatable bonds is 6. The molecule has 0 spiro atoms. The molecule has 3 atom stereocenters. The molecule has 2 heterocycles.